The van der Waals surface area contributed by atoms with Gasteiger partial charge in [-0.25, -0.2) is 4.79 Å². The van der Waals surface area contributed by atoms with Crippen molar-refractivity contribution >= 4 is 16.7 Å². The Bertz CT molecular complexity index is 691. The third-order valence-electron chi connectivity index (χ3n) is 3.05. The molecule has 0 unspecified atom stereocenters. The molecule has 2 aromatic rings. The lowest BCUT2D eigenvalue weighted by molar-refractivity contribution is 0.0693. The summed E-state index contributed by atoms with van der Waals surface area (Å²) in [7, 11) is 2.95. The van der Waals surface area contributed by atoms with Crippen LogP contribution in [0, 0.1) is 0 Å². The molecule has 5 nitrogen and oxygen atoms in total. The molecule has 0 heterocycles. The zero-order valence-electron chi connectivity index (χ0n) is 11.9. The van der Waals surface area contributed by atoms with Crippen molar-refractivity contribution < 1.29 is 24.1 Å². The summed E-state index contributed by atoms with van der Waals surface area (Å²) in [5.74, 6) is 0.127. The minimum atomic E-state index is -1.09. The van der Waals surface area contributed by atoms with Crippen LogP contribution in [0.15, 0.2) is 36.9 Å². The average molecular weight is 288 g/mol. The Labute approximate surface area is 122 Å². The topological polar surface area (TPSA) is 65.0 Å². The summed E-state index contributed by atoms with van der Waals surface area (Å²) in [5, 5.41) is 10.7. The van der Waals surface area contributed by atoms with Gasteiger partial charge in [-0.2, -0.15) is 0 Å². The second-order valence-corrected chi connectivity index (χ2v) is 4.24. The van der Waals surface area contributed by atoms with Gasteiger partial charge in [0.2, 0.25) is 0 Å². The highest BCUT2D eigenvalue weighted by Crippen LogP contribution is 2.41. The molecule has 0 spiro atoms. The molecule has 0 aliphatic rings. The number of fused-ring (bicyclic) bond motifs is 1. The molecule has 5 heteroatoms. The van der Waals surface area contributed by atoms with Gasteiger partial charge in [-0.15, -0.1) is 0 Å². The molecule has 0 atom stereocenters. The standard InChI is InChI=1S/C16H16O5/c1-4-8-21-13-9-11(16(17)18)15(20-3)14-10(13)6-5-7-12(14)19-2/h4-7,9H,1,8H2,2-3H3,(H,17,18). The number of hydrogen-bond acceptors (Lipinski definition) is 4. The molecular formula is C16H16O5. The summed E-state index contributed by atoms with van der Waals surface area (Å²) in [6.07, 6.45) is 1.59. The van der Waals surface area contributed by atoms with E-state index in [9.17, 15) is 9.90 Å². The van der Waals surface area contributed by atoms with E-state index in [2.05, 4.69) is 6.58 Å². The zero-order valence-corrected chi connectivity index (χ0v) is 11.9. The van der Waals surface area contributed by atoms with E-state index < -0.39 is 5.97 Å². The zero-order chi connectivity index (χ0) is 15.4. The van der Waals surface area contributed by atoms with Gasteiger partial charge >= 0.3 is 5.97 Å². The Morgan fingerprint density at radius 3 is 2.62 bits per heavy atom. The molecule has 0 aliphatic heterocycles. The van der Waals surface area contributed by atoms with E-state index in [1.165, 1.54) is 20.3 Å². The number of carboxylic acid groups (broad SMARTS) is 1. The van der Waals surface area contributed by atoms with Crippen LogP contribution >= 0.6 is 0 Å². The molecule has 0 saturated heterocycles. The van der Waals surface area contributed by atoms with E-state index in [0.717, 1.165) is 5.39 Å². The Morgan fingerprint density at radius 2 is 2.05 bits per heavy atom. The lowest BCUT2D eigenvalue weighted by Crippen LogP contribution is -2.04. The van der Waals surface area contributed by atoms with Crippen molar-refractivity contribution in [1.29, 1.82) is 0 Å². The molecule has 0 aliphatic carbocycles. The minimum absolute atomic E-state index is 0.0218. The molecule has 0 fully saturated rings. The van der Waals surface area contributed by atoms with Crippen LogP contribution in [0.3, 0.4) is 0 Å². The molecule has 21 heavy (non-hydrogen) atoms. The normalized spacial score (nSPS) is 10.2. The van der Waals surface area contributed by atoms with Gasteiger partial charge in [-0.1, -0.05) is 24.8 Å². The van der Waals surface area contributed by atoms with Crippen LogP contribution in [0.5, 0.6) is 17.2 Å². The van der Waals surface area contributed by atoms with E-state index in [1.807, 2.05) is 12.1 Å². The number of ether oxygens (including phenoxy) is 3. The molecule has 0 aromatic heterocycles. The third kappa shape index (κ3) is 2.63. The minimum Gasteiger partial charge on any atom is -0.496 e. The van der Waals surface area contributed by atoms with Gasteiger partial charge in [-0.05, 0) is 12.1 Å². The van der Waals surface area contributed by atoms with Crippen molar-refractivity contribution in [2.45, 2.75) is 0 Å². The monoisotopic (exact) mass is 288 g/mol. The first-order valence-electron chi connectivity index (χ1n) is 6.28. The van der Waals surface area contributed by atoms with Crippen LogP contribution in [-0.2, 0) is 0 Å². The second-order valence-electron chi connectivity index (χ2n) is 4.24. The lowest BCUT2D eigenvalue weighted by Gasteiger charge is -2.16. The predicted molar refractivity (Wildman–Crippen MR) is 79.7 cm³/mol. The van der Waals surface area contributed by atoms with E-state index >= 15 is 0 Å². The van der Waals surface area contributed by atoms with Crippen molar-refractivity contribution in [3.63, 3.8) is 0 Å². The SMILES string of the molecule is C=CCOc1cc(C(=O)O)c(OC)c2c(OC)cccc12. The van der Waals surface area contributed by atoms with Crippen molar-refractivity contribution in [3.05, 3.63) is 42.5 Å². The summed E-state index contributed by atoms with van der Waals surface area (Å²) in [4.78, 5) is 11.5. The number of aromatic carboxylic acids is 1. The van der Waals surface area contributed by atoms with Crippen molar-refractivity contribution in [1.82, 2.24) is 0 Å². The summed E-state index contributed by atoms with van der Waals surface area (Å²) in [5.41, 5.74) is 0.0218. The van der Waals surface area contributed by atoms with Crippen LogP contribution < -0.4 is 14.2 Å². The highest BCUT2D eigenvalue weighted by atomic mass is 16.5. The van der Waals surface area contributed by atoms with Crippen LogP contribution in [0.2, 0.25) is 0 Å². The van der Waals surface area contributed by atoms with Gasteiger partial charge < -0.3 is 19.3 Å². The quantitative estimate of drug-likeness (QED) is 0.827. The van der Waals surface area contributed by atoms with Crippen LogP contribution in [0.25, 0.3) is 10.8 Å². The fourth-order valence-corrected chi connectivity index (χ4v) is 2.19. The van der Waals surface area contributed by atoms with Crippen molar-refractivity contribution in [2.24, 2.45) is 0 Å². The summed E-state index contributed by atoms with van der Waals surface area (Å²) < 4.78 is 16.2. The first kappa shape index (κ1) is 14.7. The van der Waals surface area contributed by atoms with Gasteiger partial charge in [0.1, 0.15) is 29.4 Å². The Hall–Kier alpha value is -2.69. The Morgan fingerprint density at radius 1 is 1.29 bits per heavy atom. The van der Waals surface area contributed by atoms with E-state index in [-0.39, 0.29) is 17.9 Å². The smallest absolute Gasteiger partial charge is 0.339 e. The Balaban J connectivity index is 2.85. The molecule has 0 amide bonds. The average Bonchev–Trinajstić information content (AvgIpc) is 2.50. The maximum absolute atomic E-state index is 11.5. The van der Waals surface area contributed by atoms with Gasteiger partial charge in [0, 0.05) is 5.39 Å². The number of methoxy groups -OCH3 is 2. The number of benzene rings is 2. The highest BCUT2D eigenvalue weighted by molar-refractivity contribution is 6.06. The molecule has 0 radical (unpaired) electrons. The molecule has 1 N–H and O–H groups in total. The van der Waals surface area contributed by atoms with Crippen molar-refractivity contribution in [3.8, 4) is 17.2 Å². The Kier molecular flexibility index (Phi) is 4.33. The maximum atomic E-state index is 11.5. The fourth-order valence-electron chi connectivity index (χ4n) is 2.19. The molecule has 0 saturated carbocycles. The van der Waals surface area contributed by atoms with E-state index in [4.69, 9.17) is 14.2 Å². The number of hydrogen-bond donors (Lipinski definition) is 1. The van der Waals surface area contributed by atoms with Crippen LogP contribution in [0.4, 0.5) is 0 Å². The van der Waals surface area contributed by atoms with E-state index in [0.29, 0.717) is 16.9 Å². The first-order chi connectivity index (χ1) is 10.1. The molecule has 2 rings (SSSR count). The fraction of sp³-hybridized carbons (Fsp3) is 0.188. The van der Waals surface area contributed by atoms with Crippen LogP contribution in [0.1, 0.15) is 10.4 Å². The third-order valence-corrected chi connectivity index (χ3v) is 3.05. The van der Waals surface area contributed by atoms with E-state index in [1.54, 1.807) is 12.1 Å². The lowest BCUT2D eigenvalue weighted by atomic mass is 10.0. The number of rotatable bonds is 6. The van der Waals surface area contributed by atoms with Crippen molar-refractivity contribution in [2.75, 3.05) is 20.8 Å². The number of carbonyl (C=O) groups is 1. The molecule has 2 aromatic carbocycles. The first-order valence-corrected chi connectivity index (χ1v) is 6.28. The molecular weight excluding hydrogens is 272 g/mol. The summed E-state index contributed by atoms with van der Waals surface area (Å²) >= 11 is 0. The maximum Gasteiger partial charge on any atom is 0.339 e. The van der Waals surface area contributed by atoms with Gasteiger partial charge in [0.05, 0.1) is 19.6 Å². The van der Waals surface area contributed by atoms with Gasteiger partial charge in [-0.3, -0.25) is 0 Å². The summed E-state index contributed by atoms with van der Waals surface area (Å²) in [6, 6.07) is 6.83. The molecule has 110 valence electrons. The van der Waals surface area contributed by atoms with Gasteiger partial charge in [0.15, 0.2) is 0 Å². The highest BCUT2D eigenvalue weighted by Gasteiger charge is 2.21. The number of carboxylic acids is 1. The van der Waals surface area contributed by atoms with Crippen LogP contribution in [-0.4, -0.2) is 31.9 Å². The predicted octanol–water partition coefficient (Wildman–Crippen LogP) is 3.12. The largest absolute Gasteiger partial charge is 0.496 e. The molecule has 0 bridgehead atoms. The van der Waals surface area contributed by atoms with Gasteiger partial charge in [0.25, 0.3) is 0 Å². The second kappa shape index (κ2) is 6.17. The summed E-state index contributed by atoms with van der Waals surface area (Å²) in [6.45, 7) is 3.87.